The zero-order chi connectivity index (χ0) is 13.3. The lowest BCUT2D eigenvalue weighted by atomic mass is 10.1. The molecule has 0 spiro atoms. The van der Waals surface area contributed by atoms with E-state index in [0.29, 0.717) is 5.02 Å². The SMILES string of the molecule is Cc1ccc(Oc2c(C)ccc(C)c2Cl)c(C)c1. The van der Waals surface area contributed by atoms with Crippen molar-refractivity contribution < 1.29 is 4.74 Å². The van der Waals surface area contributed by atoms with Gasteiger partial charge in [0.15, 0.2) is 0 Å². The molecule has 0 amide bonds. The standard InChI is InChI=1S/C16H17ClO/c1-10-5-8-14(13(4)9-10)18-16-12(3)7-6-11(2)15(16)17/h5-9H,1-4H3. The minimum Gasteiger partial charge on any atom is -0.455 e. The van der Waals surface area contributed by atoms with E-state index in [1.165, 1.54) is 5.56 Å². The Balaban J connectivity index is 2.43. The van der Waals surface area contributed by atoms with Gasteiger partial charge >= 0.3 is 0 Å². The van der Waals surface area contributed by atoms with Crippen LogP contribution >= 0.6 is 11.6 Å². The van der Waals surface area contributed by atoms with Crippen LogP contribution in [0.2, 0.25) is 5.02 Å². The highest BCUT2D eigenvalue weighted by Crippen LogP contribution is 2.36. The second kappa shape index (κ2) is 5.03. The fourth-order valence-corrected chi connectivity index (χ4v) is 2.15. The normalized spacial score (nSPS) is 10.5. The molecule has 0 saturated carbocycles. The maximum absolute atomic E-state index is 6.31. The summed E-state index contributed by atoms with van der Waals surface area (Å²) < 4.78 is 5.97. The van der Waals surface area contributed by atoms with Gasteiger partial charge in [0.1, 0.15) is 11.5 Å². The molecule has 2 aromatic rings. The molecule has 2 rings (SSSR count). The van der Waals surface area contributed by atoms with Crippen molar-refractivity contribution in [1.82, 2.24) is 0 Å². The van der Waals surface area contributed by atoms with Crippen molar-refractivity contribution in [3.63, 3.8) is 0 Å². The molecular formula is C16H17ClO. The van der Waals surface area contributed by atoms with Crippen LogP contribution in [0.15, 0.2) is 30.3 Å². The average Bonchev–Trinajstić information content (AvgIpc) is 2.32. The van der Waals surface area contributed by atoms with Gasteiger partial charge in [-0.15, -0.1) is 0 Å². The number of halogens is 1. The molecule has 0 aliphatic heterocycles. The van der Waals surface area contributed by atoms with E-state index in [9.17, 15) is 0 Å². The highest BCUT2D eigenvalue weighted by Gasteiger charge is 2.10. The van der Waals surface area contributed by atoms with Crippen LogP contribution in [0.25, 0.3) is 0 Å². The fourth-order valence-electron chi connectivity index (χ4n) is 1.90. The zero-order valence-corrected chi connectivity index (χ0v) is 11.9. The van der Waals surface area contributed by atoms with Crippen molar-refractivity contribution in [2.24, 2.45) is 0 Å². The second-order valence-electron chi connectivity index (χ2n) is 4.71. The Labute approximate surface area is 113 Å². The Morgan fingerprint density at radius 3 is 2.17 bits per heavy atom. The first-order valence-corrected chi connectivity index (χ1v) is 6.37. The molecule has 1 nitrogen and oxygen atoms in total. The predicted molar refractivity (Wildman–Crippen MR) is 76.9 cm³/mol. The highest BCUT2D eigenvalue weighted by molar-refractivity contribution is 6.33. The van der Waals surface area contributed by atoms with E-state index in [0.717, 1.165) is 28.2 Å². The summed E-state index contributed by atoms with van der Waals surface area (Å²) >= 11 is 6.31. The Hall–Kier alpha value is -1.47. The first kappa shape index (κ1) is 13.0. The van der Waals surface area contributed by atoms with E-state index in [2.05, 4.69) is 13.0 Å². The third-order valence-electron chi connectivity index (χ3n) is 3.03. The molecule has 0 aromatic heterocycles. The minimum atomic E-state index is 0.690. The van der Waals surface area contributed by atoms with E-state index in [-0.39, 0.29) is 0 Å². The maximum atomic E-state index is 6.31. The summed E-state index contributed by atoms with van der Waals surface area (Å²) in [5.74, 6) is 1.61. The van der Waals surface area contributed by atoms with Crippen LogP contribution in [0.5, 0.6) is 11.5 Å². The van der Waals surface area contributed by atoms with Crippen molar-refractivity contribution in [1.29, 1.82) is 0 Å². The quantitative estimate of drug-likeness (QED) is 0.706. The molecule has 94 valence electrons. The second-order valence-corrected chi connectivity index (χ2v) is 5.09. The third kappa shape index (κ3) is 2.51. The molecule has 0 radical (unpaired) electrons. The molecule has 0 aliphatic carbocycles. The summed E-state index contributed by atoms with van der Waals surface area (Å²) in [7, 11) is 0. The molecule has 18 heavy (non-hydrogen) atoms. The van der Waals surface area contributed by atoms with Crippen LogP contribution in [0.4, 0.5) is 0 Å². The topological polar surface area (TPSA) is 9.23 Å². The molecule has 0 aliphatic rings. The molecule has 2 heteroatoms. The van der Waals surface area contributed by atoms with Gasteiger partial charge in [-0.05, 0) is 50.5 Å². The number of benzene rings is 2. The highest BCUT2D eigenvalue weighted by atomic mass is 35.5. The van der Waals surface area contributed by atoms with Gasteiger partial charge in [-0.25, -0.2) is 0 Å². The van der Waals surface area contributed by atoms with Gasteiger partial charge in [0.05, 0.1) is 5.02 Å². The van der Waals surface area contributed by atoms with Crippen molar-refractivity contribution in [3.8, 4) is 11.5 Å². The Morgan fingerprint density at radius 2 is 1.50 bits per heavy atom. The largest absolute Gasteiger partial charge is 0.455 e. The van der Waals surface area contributed by atoms with E-state index in [4.69, 9.17) is 16.3 Å². The summed E-state index contributed by atoms with van der Waals surface area (Å²) in [6.07, 6.45) is 0. The zero-order valence-electron chi connectivity index (χ0n) is 11.2. The van der Waals surface area contributed by atoms with Crippen molar-refractivity contribution in [3.05, 3.63) is 57.6 Å². The number of rotatable bonds is 2. The van der Waals surface area contributed by atoms with Gasteiger partial charge in [0.2, 0.25) is 0 Å². The van der Waals surface area contributed by atoms with E-state index in [1.54, 1.807) is 0 Å². The molecule has 0 fully saturated rings. The van der Waals surface area contributed by atoms with Crippen molar-refractivity contribution >= 4 is 11.6 Å². The Kier molecular flexibility index (Phi) is 3.63. The molecule has 2 aromatic carbocycles. The molecule has 0 heterocycles. The van der Waals surface area contributed by atoms with Crippen LogP contribution in [0, 0.1) is 27.7 Å². The van der Waals surface area contributed by atoms with Gasteiger partial charge in [0, 0.05) is 0 Å². The minimum absolute atomic E-state index is 0.690. The third-order valence-corrected chi connectivity index (χ3v) is 3.50. The summed E-state index contributed by atoms with van der Waals surface area (Å²) in [5.41, 5.74) is 4.42. The van der Waals surface area contributed by atoms with E-state index < -0.39 is 0 Å². The number of ether oxygens (including phenoxy) is 1. The van der Waals surface area contributed by atoms with Gasteiger partial charge in [-0.3, -0.25) is 0 Å². The Bertz CT molecular complexity index is 588. The smallest absolute Gasteiger partial charge is 0.149 e. The molecule has 0 saturated heterocycles. The van der Waals surface area contributed by atoms with Gasteiger partial charge in [0.25, 0.3) is 0 Å². The molecular weight excluding hydrogens is 244 g/mol. The van der Waals surface area contributed by atoms with Crippen LogP contribution in [-0.2, 0) is 0 Å². The first-order chi connectivity index (χ1) is 8.49. The Morgan fingerprint density at radius 1 is 0.833 bits per heavy atom. The van der Waals surface area contributed by atoms with E-state index in [1.807, 2.05) is 45.0 Å². The monoisotopic (exact) mass is 260 g/mol. The van der Waals surface area contributed by atoms with Gasteiger partial charge < -0.3 is 4.74 Å². The first-order valence-electron chi connectivity index (χ1n) is 6.00. The van der Waals surface area contributed by atoms with Crippen molar-refractivity contribution in [2.45, 2.75) is 27.7 Å². The molecule has 0 bridgehead atoms. The lowest BCUT2D eigenvalue weighted by Crippen LogP contribution is -1.93. The van der Waals surface area contributed by atoms with Crippen LogP contribution < -0.4 is 4.74 Å². The van der Waals surface area contributed by atoms with Crippen LogP contribution in [0.1, 0.15) is 22.3 Å². The summed E-state index contributed by atoms with van der Waals surface area (Å²) in [6, 6.07) is 10.2. The molecule has 0 atom stereocenters. The van der Waals surface area contributed by atoms with Crippen LogP contribution in [-0.4, -0.2) is 0 Å². The number of hydrogen-bond acceptors (Lipinski definition) is 1. The summed E-state index contributed by atoms with van der Waals surface area (Å²) in [5, 5.41) is 0.690. The maximum Gasteiger partial charge on any atom is 0.149 e. The van der Waals surface area contributed by atoms with Gasteiger partial charge in [-0.2, -0.15) is 0 Å². The van der Waals surface area contributed by atoms with E-state index >= 15 is 0 Å². The van der Waals surface area contributed by atoms with Gasteiger partial charge in [-0.1, -0.05) is 41.4 Å². The number of aryl methyl sites for hydroxylation is 4. The van der Waals surface area contributed by atoms with Crippen molar-refractivity contribution in [2.75, 3.05) is 0 Å². The summed E-state index contributed by atoms with van der Waals surface area (Å²) in [6.45, 7) is 8.10. The summed E-state index contributed by atoms with van der Waals surface area (Å²) in [4.78, 5) is 0. The molecule has 0 N–H and O–H groups in total. The number of hydrogen-bond donors (Lipinski definition) is 0. The average molecular weight is 261 g/mol. The lowest BCUT2D eigenvalue weighted by molar-refractivity contribution is 0.475. The molecule has 0 unspecified atom stereocenters. The van der Waals surface area contributed by atoms with Crippen LogP contribution in [0.3, 0.4) is 0 Å². The predicted octanol–water partition coefficient (Wildman–Crippen LogP) is 5.37. The lowest BCUT2D eigenvalue weighted by Gasteiger charge is -2.14. The fraction of sp³-hybridized carbons (Fsp3) is 0.250.